The molecule has 154 valence electrons. The predicted octanol–water partition coefficient (Wildman–Crippen LogP) is 3.04. The van der Waals surface area contributed by atoms with Gasteiger partial charge in [-0.1, -0.05) is 42.5 Å². The van der Waals surface area contributed by atoms with Crippen LogP contribution in [0.15, 0.2) is 48.5 Å². The van der Waals surface area contributed by atoms with E-state index >= 15 is 0 Å². The van der Waals surface area contributed by atoms with Gasteiger partial charge in [-0.3, -0.25) is 4.79 Å². The van der Waals surface area contributed by atoms with Crippen molar-refractivity contribution in [3.8, 4) is 11.1 Å². The highest BCUT2D eigenvalue weighted by atomic mass is 16.6. The van der Waals surface area contributed by atoms with E-state index in [4.69, 9.17) is 15.2 Å². The fraction of sp³-hybridized carbons (Fsp3) is 0.391. The lowest BCUT2D eigenvalue weighted by atomic mass is 9.98. The molecule has 1 fully saturated rings. The average molecular weight is 396 g/mol. The Labute approximate surface area is 171 Å². The summed E-state index contributed by atoms with van der Waals surface area (Å²) in [4.78, 5) is 24.9. The molecular weight excluding hydrogens is 368 g/mol. The van der Waals surface area contributed by atoms with E-state index in [0.29, 0.717) is 25.1 Å². The van der Waals surface area contributed by atoms with Crippen LogP contribution in [0.1, 0.15) is 43.1 Å². The van der Waals surface area contributed by atoms with Crippen molar-refractivity contribution in [3.63, 3.8) is 0 Å². The lowest BCUT2D eigenvalue weighted by molar-refractivity contribution is -0.126. The van der Waals surface area contributed by atoms with Crippen LogP contribution in [-0.2, 0) is 20.8 Å². The maximum Gasteiger partial charge on any atom is 0.339 e. The van der Waals surface area contributed by atoms with Crippen molar-refractivity contribution in [1.82, 2.24) is 5.32 Å². The van der Waals surface area contributed by atoms with Crippen molar-refractivity contribution in [2.75, 3.05) is 13.2 Å². The number of benzene rings is 2. The Balaban J connectivity index is 1.71. The van der Waals surface area contributed by atoms with E-state index in [9.17, 15) is 9.59 Å². The molecule has 1 saturated heterocycles. The molecule has 29 heavy (non-hydrogen) atoms. The summed E-state index contributed by atoms with van der Waals surface area (Å²) in [5, 5.41) is 2.88. The van der Waals surface area contributed by atoms with Crippen LogP contribution in [0.25, 0.3) is 11.1 Å². The molecule has 0 radical (unpaired) electrons. The summed E-state index contributed by atoms with van der Waals surface area (Å²) in [5.74, 6) is -0.550. The molecule has 2 aromatic rings. The largest absolute Gasteiger partial charge is 0.456 e. The first-order chi connectivity index (χ1) is 13.7. The highest BCUT2D eigenvalue weighted by Crippen LogP contribution is 2.26. The molecule has 1 amide bonds. The van der Waals surface area contributed by atoms with E-state index in [-0.39, 0.29) is 18.5 Å². The second kappa shape index (κ2) is 8.35. The quantitative estimate of drug-likeness (QED) is 0.758. The van der Waals surface area contributed by atoms with Crippen LogP contribution in [0.4, 0.5) is 0 Å². The number of ether oxygens (including phenoxy) is 2. The smallest absolute Gasteiger partial charge is 0.339 e. The third kappa shape index (κ3) is 5.22. The Bertz CT molecular complexity index is 878. The van der Waals surface area contributed by atoms with Crippen LogP contribution in [0.5, 0.6) is 0 Å². The third-order valence-electron chi connectivity index (χ3n) is 4.77. The van der Waals surface area contributed by atoms with Crippen LogP contribution in [-0.4, -0.2) is 36.2 Å². The lowest BCUT2D eigenvalue weighted by Crippen LogP contribution is -2.54. The number of carbonyl (C=O) groups is 2. The Morgan fingerprint density at radius 2 is 1.83 bits per heavy atom. The molecule has 0 saturated carbocycles. The van der Waals surface area contributed by atoms with Crippen molar-refractivity contribution < 1.29 is 19.1 Å². The first kappa shape index (κ1) is 21.0. The molecule has 0 spiro atoms. The summed E-state index contributed by atoms with van der Waals surface area (Å²) < 4.78 is 10.8. The minimum Gasteiger partial charge on any atom is -0.456 e. The van der Waals surface area contributed by atoms with Gasteiger partial charge in [0.2, 0.25) is 5.91 Å². The van der Waals surface area contributed by atoms with Crippen LogP contribution >= 0.6 is 0 Å². The summed E-state index contributed by atoms with van der Waals surface area (Å²) >= 11 is 0. The zero-order valence-electron chi connectivity index (χ0n) is 17.2. The van der Waals surface area contributed by atoms with Crippen molar-refractivity contribution in [2.45, 2.75) is 44.9 Å². The Morgan fingerprint density at radius 1 is 1.14 bits per heavy atom. The molecule has 2 aromatic carbocycles. The van der Waals surface area contributed by atoms with Crippen molar-refractivity contribution in [2.24, 2.45) is 5.73 Å². The van der Waals surface area contributed by atoms with E-state index in [1.807, 2.05) is 63.2 Å². The van der Waals surface area contributed by atoms with Gasteiger partial charge in [-0.2, -0.15) is 0 Å². The van der Waals surface area contributed by atoms with Gasteiger partial charge in [0.15, 0.2) is 0 Å². The van der Waals surface area contributed by atoms with Crippen molar-refractivity contribution >= 4 is 11.9 Å². The van der Waals surface area contributed by atoms with Gasteiger partial charge in [-0.15, -0.1) is 0 Å². The van der Waals surface area contributed by atoms with Crippen molar-refractivity contribution in [3.05, 3.63) is 59.7 Å². The number of hydrogen-bond acceptors (Lipinski definition) is 5. The van der Waals surface area contributed by atoms with E-state index in [2.05, 4.69) is 5.32 Å². The molecule has 0 bridgehead atoms. The number of hydrogen-bond donors (Lipinski definition) is 2. The minimum absolute atomic E-state index is 0.200. The fourth-order valence-corrected chi connectivity index (χ4v) is 3.17. The normalized spacial score (nSPS) is 19.0. The molecule has 0 aromatic heterocycles. The number of esters is 1. The van der Waals surface area contributed by atoms with Gasteiger partial charge in [-0.25, -0.2) is 4.79 Å². The Hall–Kier alpha value is -2.70. The van der Waals surface area contributed by atoms with E-state index in [1.54, 1.807) is 6.07 Å². The Kier molecular flexibility index (Phi) is 6.05. The monoisotopic (exact) mass is 396 g/mol. The molecule has 3 rings (SSSR count). The molecule has 1 atom stereocenters. The van der Waals surface area contributed by atoms with E-state index in [1.165, 1.54) is 0 Å². The Morgan fingerprint density at radius 3 is 2.45 bits per heavy atom. The molecule has 0 aliphatic carbocycles. The van der Waals surface area contributed by atoms with Crippen LogP contribution in [0, 0.1) is 0 Å². The first-order valence-electron chi connectivity index (χ1n) is 9.75. The fourth-order valence-electron chi connectivity index (χ4n) is 3.17. The SMILES string of the molecule is CC(C)(C)OC(=O)c1ccccc1-c1ccc(CNC(=O)C2(N)CCOC2)cc1. The summed E-state index contributed by atoms with van der Waals surface area (Å²) in [5.41, 5.74) is 7.76. The van der Waals surface area contributed by atoms with Gasteiger partial charge < -0.3 is 20.5 Å². The molecule has 6 heteroatoms. The predicted molar refractivity (Wildman–Crippen MR) is 111 cm³/mol. The summed E-state index contributed by atoms with van der Waals surface area (Å²) in [6.45, 7) is 6.68. The molecule has 1 aliphatic rings. The van der Waals surface area contributed by atoms with Crippen LogP contribution in [0.3, 0.4) is 0 Å². The van der Waals surface area contributed by atoms with Crippen molar-refractivity contribution in [1.29, 1.82) is 0 Å². The second-order valence-corrected chi connectivity index (χ2v) is 8.39. The van der Waals surface area contributed by atoms with Gasteiger partial charge in [0.05, 0.1) is 12.2 Å². The number of rotatable bonds is 5. The maximum atomic E-state index is 12.6. The summed E-state index contributed by atoms with van der Waals surface area (Å²) in [7, 11) is 0. The maximum absolute atomic E-state index is 12.6. The number of nitrogens with two attached hydrogens (primary N) is 1. The van der Waals surface area contributed by atoms with Gasteiger partial charge in [-0.05, 0) is 49.9 Å². The first-order valence-corrected chi connectivity index (χ1v) is 9.75. The van der Waals surface area contributed by atoms with Gasteiger partial charge in [0.1, 0.15) is 11.1 Å². The van der Waals surface area contributed by atoms with Crippen LogP contribution in [0.2, 0.25) is 0 Å². The van der Waals surface area contributed by atoms with E-state index in [0.717, 1.165) is 16.7 Å². The topological polar surface area (TPSA) is 90.7 Å². The second-order valence-electron chi connectivity index (χ2n) is 8.39. The van der Waals surface area contributed by atoms with E-state index < -0.39 is 11.1 Å². The summed E-state index contributed by atoms with van der Waals surface area (Å²) in [6.07, 6.45) is 0.527. The summed E-state index contributed by atoms with van der Waals surface area (Å²) in [6, 6.07) is 15.1. The molecule has 1 heterocycles. The molecule has 6 nitrogen and oxygen atoms in total. The molecule has 1 aliphatic heterocycles. The molecule has 3 N–H and O–H groups in total. The highest BCUT2D eigenvalue weighted by Gasteiger charge is 2.37. The zero-order chi connectivity index (χ0) is 21.1. The number of nitrogens with one attached hydrogen (secondary N) is 1. The zero-order valence-corrected chi connectivity index (χ0v) is 17.2. The number of carbonyl (C=O) groups excluding carboxylic acids is 2. The van der Waals surface area contributed by atoms with Gasteiger partial charge in [0, 0.05) is 13.2 Å². The third-order valence-corrected chi connectivity index (χ3v) is 4.77. The highest BCUT2D eigenvalue weighted by molar-refractivity contribution is 5.97. The lowest BCUT2D eigenvalue weighted by Gasteiger charge is -2.21. The molecule has 1 unspecified atom stereocenters. The minimum atomic E-state index is -0.938. The number of amides is 1. The average Bonchev–Trinajstić information content (AvgIpc) is 3.13. The van der Waals surface area contributed by atoms with Gasteiger partial charge >= 0.3 is 5.97 Å². The van der Waals surface area contributed by atoms with Crippen LogP contribution < -0.4 is 11.1 Å². The standard InChI is InChI=1S/C23H28N2O4/c1-22(2,3)29-20(26)19-7-5-4-6-18(19)17-10-8-16(9-11-17)14-25-21(27)23(24)12-13-28-15-23/h4-11H,12-15,24H2,1-3H3,(H,25,27). The van der Waals surface area contributed by atoms with Gasteiger partial charge in [0.25, 0.3) is 0 Å². The molecular formula is C23H28N2O4.